The molecular formula is C24H29BrClN3O4. The van der Waals surface area contributed by atoms with Crippen molar-refractivity contribution in [2.45, 2.75) is 39.7 Å². The summed E-state index contributed by atoms with van der Waals surface area (Å²) < 4.78 is 12.0. The van der Waals surface area contributed by atoms with E-state index < -0.39 is 11.9 Å². The fraction of sp³-hybridized carbons (Fsp3) is 0.375. The normalized spacial score (nSPS) is 12.0. The zero-order valence-corrected chi connectivity index (χ0v) is 21.5. The van der Waals surface area contributed by atoms with Crippen molar-refractivity contribution < 1.29 is 19.1 Å². The topological polar surface area (TPSA) is 89.0 Å². The zero-order chi connectivity index (χ0) is 24.4. The number of nitrogens with one attached hydrogen (secondary N) is 2. The Morgan fingerprint density at radius 2 is 2.00 bits per heavy atom. The molecule has 2 rings (SSSR count). The van der Waals surface area contributed by atoms with Crippen LogP contribution in [0.3, 0.4) is 0 Å². The van der Waals surface area contributed by atoms with Crippen LogP contribution in [0.15, 0.2) is 46.0 Å². The number of amides is 2. The Kier molecular flexibility index (Phi) is 10.7. The maximum absolute atomic E-state index is 12.7. The van der Waals surface area contributed by atoms with Gasteiger partial charge in [-0.05, 0) is 64.2 Å². The predicted octanol–water partition coefficient (Wildman–Crippen LogP) is 5.19. The highest BCUT2D eigenvalue weighted by Gasteiger charge is 2.24. The first-order valence-electron chi connectivity index (χ1n) is 10.7. The van der Waals surface area contributed by atoms with E-state index in [2.05, 4.69) is 38.7 Å². The van der Waals surface area contributed by atoms with Crippen molar-refractivity contribution in [2.75, 3.05) is 13.7 Å². The van der Waals surface area contributed by atoms with Gasteiger partial charge in [-0.15, -0.1) is 0 Å². The molecule has 2 aromatic carbocycles. The molecule has 7 nitrogen and oxygen atoms in total. The van der Waals surface area contributed by atoms with Gasteiger partial charge in [0.25, 0.3) is 11.8 Å². The fourth-order valence-electron chi connectivity index (χ4n) is 2.90. The highest BCUT2D eigenvalue weighted by molar-refractivity contribution is 9.10. The van der Waals surface area contributed by atoms with Gasteiger partial charge in [0.2, 0.25) is 0 Å². The van der Waals surface area contributed by atoms with Gasteiger partial charge >= 0.3 is 0 Å². The molecule has 0 spiro atoms. The lowest BCUT2D eigenvalue weighted by molar-refractivity contribution is -0.123. The van der Waals surface area contributed by atoms with Gasteiger partial charge in [0.05, 0.1) is 24.4 Å². The number of methoxy groups -OCH3 is 1. The summed E-state index contributed by atoms with van der Waals surface area (Å²) in [6, 6.07) is 9.35. The monoisotopic (exact) mass is 537 g/mol. The molecule has 2 aromatic rings. The molecular weight excluding hydrogens is 510 g/mol. The summed E-state index contributed by atoms with van der Waals surface area (Å²) in [4.78, 5) is 25.2. The first-order chi connectivity index (χ1) is 15.8. The molecule has 0 bridgehead atoms. The van der Waals surface area contributed by atoms with Gasteiger partial charge in [-0.1, -0.05) is 44.9 Å². The van der Waals surface area contributed by atoms with Crippen LogP contribution >= 0.6 is 27.5 Å². The summed E-state index contributed by atoms with van der Waals surface area (Å²) in [6.07, 6.45) is 3.47. The summed E-state index contributed by atoms with van der Waals surface area (Å²) >= 11 is 9.45. The fourth-order valence-corrected chi connectivity index (χ4v) is 3.67. The lowest BCUT2D eigenvalue weighted by Gasteiger charge is -2.20. The Balaban J connectivity index is 2.06. The van der Waals surface area contributed by atoms with E-state index in [9.17, 15) is 9.59 Å². The van der Waals surface area contributed by atoms with Crippen LogP contribution in [-0.2, 0) is 4.79 Å². The smallest absolute Gasteiger partial charge is 0.262 e. The third-order valence-electron chi connectivity index (χ3n) is 4.71. The molecule has 0 fully saturated rings. The molecule has 0 radical (unpaired) electrons. The minimum atomic E-state index is -0.774. The van der Waals surface area contributed by atoms with Crippen LogP contribution in [0.2, 0.25) is 5.02 Å². The van der Waals surface area contributed by atoms with E-state index in [0.29, 0.717) is 34.3 Å². The SMILES string of the molecule is CCCCOc1c(Br)cc(/C=N\NC(=O)C(NC(=O)c2cccc(Cl)c2)C(C)C)cc1OC. The number of hydrogen-bond acceptors (Lipinski definition) is 5. The van der Waals surface area contributed by atoms with Crippen LogP contribution in [0.1, 0.15) is 49.5 Å². The molecule has 0 heterocycles. The number of benzene rings is 2. The highest BCUT2D eigenvalue weighted by Crippen LogP contribution is 2.36. The van der Waals surface area contributed by atoms with Crippen molar-refractivity contribution in [3.05, 3.63) is 57.0 Å². The molecule has 0 saturated heterocycles. The second-order valence-electron chi connectivity index (χ2n) is 7.68. The second-order valence-corrected chi connectivity index (χ2v) is 8.97. The Morgan fingerprint density at radius 3 is 2.64 bits per heavy atom. The highest BCUT2D eigenvalue weighted by atomic mass is 79.9. The van der Waals surface area contributed by atoms with Gasteiger partial charge in [-0.3, -0.25) is 9.59 Å². The van der Waals surface area contributed by atoms with E-state index in [1.807, 2.05) is 19.9 Å². The number of ether oxygens (including phenoxy) is 2. The third kappa shape index (κ3) is 8.05. The van der Waals surface area contributed by atoms with Gasteiger partial charge in [-0.2, -0.15) is 5.10 Å². The zero-order valence-electron chi connectivity index (χ0n) is 19.2. The summed E-state index contributed by atoms with van der Waals surface area (Å²) in [5.74, 6) is 0.208. The quantitative estimate of drug-likeness (QED) is 0.234. The lowest BCUT2D eigenvalue weighted by atomic mass is 10.0. The minimum Gasteiger partial charge on any atom is -0.493 e. The summed E-state index contributed by atoms with van der Waals surface area (Å²) in [7, 11) is 1.56. The van der Waals surface area contributed by atoms with Crippen molar-refractivity contribution in [2.24, 2.45) is 11.0 Å². The van der Waals surface area contributed by atoms with Crippen LogP contribution in [0.5, 0.6) is 11.5 Å². The van der Waals surface area contributed by atoms with Gasteiger partial charge < -0.3 is 14.8 Å². The molecule has 0 aliphatic rings. The molecule has 9 heteroatoms. The van der Waals surface area contributed by atoms with Crippen LogP contribution in [0.25, 0.3) is 0 Å². The summed E-state index contributed by atoms with van der Waals surface area (Å²) in [5, 5.41) is 7.23. The maximum Gasteiger partial charge on any atom is 0.262 e. The third-order valence-corrected chi connectivity index (χ3v) is 5.53. The average molecular weight is 539 g/mol. The summed E-state index contributed by atoms with van der Waals surface area (Å²) in [5.41, 5.74) is 3.57. The number of halogens is 2. The Hall–Kier alpha value is -2.58. The maximum atomic E-state index is 12.7. The molecule has 0 aliphatic heterocycles. The average Bonchev–Trinajstić information content (AvgIpc) is 2.78. The second kappa shape index (κ2) is 13.2. The van der Waals surface area contributed by atoms with Crippen molar-refractivity contribution in [1.82, 2.24) is 10.7 Å². The van der Waals surface area contributed by atoms with E-state index >= 15 is 0 Å². The minimum absolute atomic E-state index is 0.155. The van der Waals surface area contributed by atoms with E-state index in [1.165, 1.54) is 6.21 Å². The summed E-state index contributed by atoms with van der Waals surface area (Å²) in [6.45, 7) is 6.36. The van der Waals surface area contributed by atoms with E-state index in [0.717, 1.165) is 17.3 Å². The largest absolute Gasteiger partial charge is 0.493 e. The van der Waals surface area contributed by atoms with Crippen LogP contribution < -0.4 is 20.2 Å². The van der Waals surface area contributed by atoms with E-state index in [4.69, 9.17) is 21.1 Å². The molecule has 2 amide bonds. The van der Waals surface area contributed by atoms with Crippen LogP contribution in [0, 0.1) is 5.92 Å². The molecule has 0 aliphatic carbocycles. The van der Waals surface area contributed by atoms with Crippen molar-refractivity contribution in [1.29, 1.82) is 0 Å². The number of unbranched alkanes of at least 4 members (excludes halogenated alkanes) is 1. The molecule has 0 aromatic heterocycles. The lowest BCUT2D eigenvalue weighted by Crippen LogP contribution is -2.48. The molecule has 0 saturated carbocycles. The number of rotatable bonds is 11. The number of hydrogen-bond donors (Lipinski definition) is 2. The standard InChI is InChI=1S/C24H29BrClN3O4/c1-5-6-10-33-22-19(25)11-16(12-20(22)32-4)14-27-29-24(31)21(15(2)3)28-23(30)17-8-7-9-18(26)13-17/h7-9,11-15,21H,5-6,10H2,1-4H3,(H,28,30)(H,29,31)/b27-14-. The number of carbonyl (C=O) groups excluding carboxylic acids is 2. The molecule has 1 atom stereocenters. The Labute approximate surface area is 208 Å². The first-order valence-corrected chi connectivity index (χ1v) is 11.8. The number of carbonyl (C=O) groups is 2. The van der Waals surface area contributed by atoms with Gasteiger partial charge in [0.1, 0.15) is 6.04 Å². The van der Waals surface area contributed by atoms with E-state index in [1.54, 1.807) is 37.4 Å². The first kappa shape index (κ1) is 26.7. The van der Waals surface area contributed by atoms with Crippen LogP contribution in [-0.4, -0.2) is 37.8 Å². The van der Waals surface area contributed by atoms with E-state index in [-0.39, 0.29) is 11.8 Å². The van der Waals surface area contributed by atoms with Gasteiger partial charge in [0.15, 0.2) is 11.5 Å². The molecule has 2 N–H and O–H groups in total. The predicted molar refractivity (Wildman–Crippen MR) is 134 cm³/mol. The van der Waals surface area contributed by atoms with Crippen molar-refractivity contribution in [3.63, 3.8) is 0 Å². The Morgan fingerprint density at radius 1 is 1.24 bits per heavy atom. The van der Waals surface area contributed by atoms with Crippen LogP contribution in [0.4, 0.5) is 0 Å². The Bertz CT molecular complexity index is 998. The van der Waals surface area contributed by atoms with Crippen molar-refractivity contribution in [3.8, 4) is 11.5 Å². The van der Waals surface area contributed by atoms with Gasteiger partial charge in [-0.25, -0.2) is 5.43 Å². The number of nitrogens with zero attached hydrogens (tertiary/aromatic N) is 1. The number of hydrazone groups is 1. The molecule has 1 unspecified atom stereocenters. The van der Waals surface area contributed by atoms with Crippen molar-refractivity contribution >= 4 is 45.6 Å². The van der Waals surface area contributed by atoms with Gasteiger partial charge in [0, 0.05) is 10.6 Å². The molecule has 178 valence electrons. The molecule has 33 heavy (non-hydrogen) atoms.